The molecule has 0 saturated carbocycles. The fourth-order valence-electron chi connectivity index (χ4n) is 1.94. The van der Waals surface area contributed by atoms with Crippen molar-refractivity contribution in [3.8, 4) is 0 Å². The lowest BCUT2D eigenvalue weighted by Gasteiger charge is -2.16. The molecule has 0 aromatic carbocycles. The minimum absolute atomic E-state index is 0.417. The van der Waals surface area contributed by atoms with Gasteiger partial charge in [0.05, 0.1) is 6.33 Å². The van der Waals surface area contributed by atoms with Gasteiger partial charge >= 0.3 is 0 Å². The van der Waals surface area contributed by atoms with Gasteiger partial charge in [-0.3, -0.25) is 0 Å². The number of rotatable bonds is 7. The predicted molar refractivity (Wildman–Crippen MR) is 78.5 cm³/mol. The van der Waals surface area contributed by atoms with E-state index in [4.69, 9.17) is 0 Å². The van der Waals surface area contributed by atoms with E-state index in [1.54, 1.807) is 6.33 Å². The van der Waals surface area contributed by atoms with Crippen molar-refractivity contribution in [3.05, 3.63) is 6.33 Å². The molecule has 0 spiro atoms. The van der Waals surface area contributed by atoms with Crippen molar-refractivity contribution in [3.63, 3.8) is 0 Å². The largest absolute Gasteiger partial charge is 0.365 e. The van der Waals surface area contributed by atoms with Crippen LogP contribution in [0.3, 0.4) is 0 Å². The number of H-pyrrole nitrogens is 1. The van der Waals surface area contributed by atoms with Crippen LogP contribution in [0.2, 0.25) is 0 Å². The molecule has 0 aliphatic rings. The first kappa shape index (κ1) is 13.6. The summed E-state index contributed by atoms with van der Waals surface area (Å²) < 4.78 is 0. The second kappa shape index (κ2) is 6.36. The Labute approximate surface area is 113 Å². The van der Waals surface area contributed by atoms with E-state index in [-0.39, 0.29) is 0 Å². The molecular weight excluding hydrogens is 240 g/mol. The molecule has 2 heterocycles. The smallest absolute Gasteiger partial charge is 0.226 e. The number of hydrogen-bond acceptors (Lipinski definition) is 5. The summed E-state index contributed by atoms with van der Waals surface area (Å²) in [5, 5.41) is 6.67. The van der Waals surface area contributed by atoms with Gasteiger partial charge in [-0.15, -0.1) is 0 Å². The fraction of sp³-hybridized carbons (Fsp3) is 0.615. The quantitative estimate of drug-likeness (QED) is 0.715. The van der Waals surface area contributed by atoms with Gasteiger partial charge < -0.3 is 15.6 Å². The Bertz CT molecular complexity index is 517. The fourth-order valence-corrected chi connectivity index (χ4v) is 1.94. The maximum Gasteiger partial charge on any atom is 0.226 e. The molecule has 0 saturated heterocycles. The average Bonchev–Trinajstić information content (AvgIpc) is 2.90. The highest BCUT2D eigenvalue weighted by molar-refractivity contribution is 5.83. The van der Waals surface area contributed by atoms with Gasteiger partial charge in [-0.05, 0) is 19.3 Å². The second-order valence-electron chi connectivity index (χ2n) is 4.58. The van der Waals surface area contributed by atoms with Crippen LogP contribution in [-0.2, 0) is 0 Å². The Kier molecular flexibility index (Phi) is 4.54. The molecule has 0 radical (unpaired) electrons. The van der Waals surface area contributed by atoms with Gasteiger partial charge in [0.25, 0.3) is 0 Å². The first-order chi connectivity index (χ1) is 9.28. The highest BCUT2D eigenvalue weighted by atomic mass is 15.2. The molecule has 0 unspecified atom stereocenters. The van der Waals surface area contributed by atoms with E-state index >= 15 is 0 Å². The summed E-state index contributed by atoms with van der Waals surface area (Å²) in [7, 11) is 0. The van der Waals surface area contributed by atoms with Gasteiger partial charge in [-0.2, -0.15) is 9.97 Å². The first-order valence-corrected chi connectivity index (χ1v) is 6.99. The lowest BCUT2D eigenvalue weighted by molar-refractivity contribution is 0.669. The summed E-state index contributed by atoms with van der Waals surface area (Å²) in [4.78, 5) is 16.2. The number of aromatic nitrogens is 4. The molecule has 19 heavy (non-hydrogen) atoms. The molecule has 6 heteroatoms. The number of fused-ring (bicyclic) bond motifs is 1. The minimum Gasteiger partial charge on any atom is -0.365 e. The summed E-state index contributed by atoms with van der Waals surface area (Å²) in [6.45, 7) is 7.31. The van der Waals surface area contributed by atoms with E-state index < -0.39 is 0 Å². The zero-order chi connectivity index (χ0) is 13.7. The SMILES string of the molecule is CCCNc1nc(NC(CC)CC)c2[nH]cnc2n1. The van der Waals surface area contributed by atoms with Crippen LogP contribution in [0.1, 0.15) is 40.0 Å². The lowest BCUT2D eigenvalue weighted by Crippen LogP contribution is -2.19. The number of aromatic amines is 1. The van der Waals surface area contributed by atoms with E-state index in [1.165, 1.54) is 0 Å². The molecule has 104 valence electrons. The molecule has 3 N–H and O–H groups in total. The standard InChI is InChI=1S/C13H22N6/c1-4-7-14-13-18-11-10(15-8-16-11)12(19-13)17-9(5-2)6-3/h8-9H,4-7H2,1-3H3,(H3,14,15,16,17,18,19). The Morgan fingerprint density at radius 2 is 2.00 bits per heavy atom. The Morgan fingerprint density at radius 1 is 1.21 bits per heavy atom. The molecule has 0 bridgehead atoms. The summed E-state index contributed by atoms with van der Waals surface area (Å²) in [5.41, 5.74) is 1.57. The first-order valence-electron chi connectivity index (χ1n) is 6.99. The second-order valence-corrected chi connectivity index (χ2v) is 4.58. The van der Waals surface area contributed by atoms with Gasteiger partial charge in [0.2, 0.25) is 5.95 Å². The average molecular weight is 262 g/mol. The normalized spacial score (nSPS) is 11.2. The highest BCUT2D eigenvalue weighted by Gasteiger charge is 2.12. The van der Waals surface area contributed by atoms with Gasteiger partial charge in [0.15, 0.2) is 11.5 Å². The Hall–Kier alpha value is -1.85. The molecule has 0 amide bonds. The molecule has 0 aliphatic carbocycles. The number of nitrogens with one attached hydrogen (secondary N) is 3. The van der Waals surface area contributed by atoms with Crippen LogP contribution in [0.25, 0.3) is 11.2 Å². The van der Waals surface area contributed by atoms with Crippen LogP contribution in [0.15, 0.2) is 6.33 Å². The third-order valence-corrected chi connectivity index (χ3v) is 3.15. The van der Waals surface area contributed by atoms with E-state index in [0.29, 0.717) is 17.6 Å². The van der Waals surface area contributed by atoms with Crippen LogP contribution in [0.4, 0.5) is 11.8 Å². The van der Waals surface area contributed by atoms with Crippen LogP contribution >= 0.6 is 0 Å². The maximum absolute atomic E-state index is 4.54. The van der Waals surface area contributed by atoms with Gasteiger partial charge in [-0.25, -0.2) is 4.98 Å². The zero-order valence-corrected chi connectivity index (χ0v) is 11.8. The van der Waals surface area contributed by atoms with Crippen LogP contribution in [0, 0.1) is 0 Å². The molecule has 0 aliphatic heterocycles. The number of nitrogens with zero attached hydrogens (tertiary/aromatic N) is 3. The summed E-state index contributed by atoms with van der Waals surface area (Å²) >= 11 is 0. The third-order valence-electron chi connectivity index (χ3n) is 3.15. The molecule has 6 nitrogen and oxygen atoms in total. The van der Waals surface area contributed by atoms with Crippen molar-refractivity contribution >= 4 is 22.9 Å². The van der Waals surface area contributed by atoms with Crippen molar-refractivity contribution in [1.82, 2.24) is 19.9 Å². The van der Waals surface area contributed by atoms with E-state index in [9.17, 15) is 0 Å². The summed E-state index contributed by atoms with van der Waals surface area (Å²) in [6, 6.07) is 0.417. The number of hydrogen-bond donors (Lipinski definition) is 3. The Balaban J connectivity index is 2.30. The van der Waals surface area contributed by atoms with Crippen molar-refractivity contribution < 1.29 is 0 Å². The monoisotopic (exact) mass is 262 g/mol. The Morgan fingerprint density at radius 3 is 2.68 bits per heavy atom. The summed E-state index contributed by atoms with van der Waals surface area (Å²) in [6.07, 6.45) is 4.82. The summed E-state index contributed by atoms with van der Waals surface area (Å²) in [5.74, 6) is 1.46. The van der Waals surface area contributed by atoms with Crippen LogP contribution < -0.4 is 10.6 Å². The molecule has 2 rings (SSSR count). The van der Waals surface area contributed by atoms with Gasteiger partial charge in [0, 0.05) is 12.6 Å². The maximum atomic E-state index is 4.54. The van der Waals surface area contributed by atoms with Crippen molar-refractivity contribution in [2.24, 2.45) is 0 Å². The predicted octanol–water partition coefficient (Wildman–Crippen LogP) is 2.78. The van der Waals surface area contributed by atoms with E-state index in [0.717, 1.165) is 37.1 Å². The van der Waals surface area contributed by atoms with Gasteiger partial charge in [0.1, 0.15) is 5.52 Å². The van der Waals surface area contributed by atoms with Crippen molar-refractivity contribution in [2.45, 2.75) is 46.1 Å². The van der Waals surface area contributed by atoms with Crippen molar-refractivity contribution in [2.75, 3.05) is 17.2 Å². The topological polar surface area (TPSA) is 78.5 Å². The molecule has 2 aromatic rings. The minimum atomic E-state index is 0.417. The molecule has 0 atom stereocenters. The molecule has 0 fully saturated rings. The highest BCUT2D eigenvalue weighted by Crippen LogP contribution is 2.20. The number of imidazole rings is 1. The van der Waals surface area contributed by atoms with Gasteiger partial charge in [-0.1, -0.05) is 20.8 Å². The van der Waals surface area contributed by atoms with Crippen LogP contribution in [-0.4, -0.2) is 32.5 Å². The van der Waals surface area contributed by atoms with Crippen LogP contribution in [0.5, 0.6) is 0 Å². The van der Waals surface area contributed by atoms with E-state index in [1.807, 2.05) is 0 Å². The lowest BCUT2D eigenvalue weighted by atomic mass is 10.2. The molecule has 2 aromatic heterocycles. The zero-order valence-electron chi connectivity index (χ0n) is 11.8. The third kappa shape index (κ3) is 3.13. The number of anilines is 2. The molecular formula is C13H22N6. The van der Waals surface area contributed by atoms with Crippen molar-refractivity contribution in [1.29, 1.82) is 0 Å². The van der Waals surface area contributed by atoms with E-state index in [2.05, 4.69) is 51.3 Å².